The number of pyridine rings is 1. The van der Waals surface area contributed by atoms with E-state index in [0.717, 1.165) is 17.0 Å². The molecule has 0 bridgehead atoms. The topological polar surface area (TPSA) is 91.0 Å². The predicted octanol–water partition coefficient (Wildman–Crippen LogP) is 2.32. The van der Waals surface area contributed by atoms with E-state index in [4.69, 9.17) is 10.5 Å². The molecule has 0 spiro atoms. The highest BCUT2D eigenvalue weighted by Gasteiger charge is 2.17. The standard InChI is InChI=1S/C14H16N4O2S/c1-7-8(2)17-14(18-9(7)3)21-12-11(13(19)20-4)5-10(15)6-16-12/h5-6H,15H2,1-4H3. The third-order valence-corrected chi connectivity index (χ3v) is 3.96. The third-order valence-electron chi connectivity index (χ3n) is 3.08. The molecule has 0 saturated heterocycles. The number of methoxy groups -OCH3 is 1. The molecular weight excluding hydrogens is 288 g/mol. The van der Waals surface area contributed by atoms with Gasteiger partial charge in [-0.1, -0.05) is 0 Å². The van der Waals surface area contributed by atoms with Crippen LogP contribution in [0.15, 0.2) is 22.4 Å². The van der Waals surface area contributed by atoms with Gasteiger partial charge in [0, 0.05) is 11.4 Å². The summed E-state index contributed by atoms with van der Waals surface area (Å²) >= 11 is 1.21. The number of nitrogen functional groups attached to an aromatic ring is 1. The fourth-order valence-corrected chi connectivity index (χ4v) is 2.58. The Kier molecular flexibility index (Phi) is 4.42. The van der Waals surface area contributed by atoms with Crippen molar-refractivity contribution in [3.05, 3.63) is 34.8 Å². The van der Waals surface area contributed by atoms with Gasteiger partial charge in [0.1, 0.15) is 5.03 Å². The zero-order valence-corrected chi connectivity index (χ0v) is 13.1. The average Bonchev–Trinajstić information content (AvgIpc) is 2.45. The molecule has 0 amide bonds. The van der Waals surface area contributed by atoms with Gasteiger partial charge >= 0.3 is 5.97 Å². The number of carbonyl (C=O) groups excluding carboxylic acids is 1. The van der Waals surface area contributed by atoms with Gasteiger partial charge in [-0.25, -0.2) is 19.7 Å². The van der Waals surface area contributed by atoms with Gasteiger partial charge in [0.15, 0.2) is 5.16 Å². The van der Waals surface area contributed by atoms with Crippen LogP contribution in [0.5, 0.6) is 0 Å². The maximum absolute atomic E-state index is 11.8. The SMILES string of the molecule is COC(=O)c1cc(N)cnc1Sc1nc(C)c(C)c(C)n1. The molecule has 0 atom stereocenters. The summed E-state index contributed by atoms with van der Waals surface area (Å²) in [6.07, 6.45) is 1.49. The van der Waals surface area contributed by atoms with Gasteiger partial charge < -0.3 is 10.5 Å². The van der Waals surface area contributed by atoms with Gasteiger partial charge in [-0.15, -0.1) is 0 Å². The van der Waals surface area contributed by atoms with E-state index in [-0.39, 0.29) is 0 Å². The molecule has 0 aromatic carbocycles. The second-order valence-corrected chi connectivity index (χ2v) is 5.47. The molecule has 2 aromatic heterocycles. The molecule has 7 heteroatoms. The molecule has 0 saturated carbocycles. The maximum Gasteiger partial charge on any atom is 0.340 e. The van der Waals surface area contributed by atoms with Crippen molar-refractivity contribution in [1.82, 2.24) is 15.0 Å². The number of rotatable bonds is 3. The number of esters is 1. The number of carbonyl (C=O) groups is 1. The average molecular weight is 304 g/mol. The first-order valence-electron chi connectivity index (χ1n) is 6.26. The quantitative estimate of drug-likeness (QED) is 0.687. The molecule has 2 rings (SSSR count). The van der Waals surface area contributed by atoms with E-state index in [2.05, 4.69) is 15.0 Å². The van der Waals surface area contributed by atoms with Crippen LogP contribution < -0.4 is 5.73 Å². The minimum Gasteiger partial charge on any atom is -0.465 e. The summed E-state index contributed by atoms with van der Waals surface area (Å²) < 4.78 is 4.75. The van der Waals surface area contributed by atoms with Crippen molar-refractivity contribution >= 4 is 23.4 Å². The van der Waals surface area contributed by atoms with Gasteiger partial charge in [0.25, 0.3) is 0 Å². The van der Waals surface area contributed by atoms with Crippen molar-refractivity contribution in [2.24, 2.45) is 0 Å². The molecular formula is C14H16N4O2S. The number of anilines is 1. The number of aromatic nitrogens is 3. The number of ether oxygens (including phenoxy) is 1. The smallest absolute Gasteiger partial charge is 0.340 e. The van der Waals surface area contributed by atoms with Crippen LogP contribution in [0.3, 0.4) is 0 Å². The molecule has 2 N–H and O–H groups in total. The van der Waals surface area contributed by atoms with Gasteiger partial charge in [0.2, 0.25) is 0 Å². The summed E-state index contributed by atoms with van der Waals surface area (Å²) in [5, 5.41) is 1.01. The van der Waals surface area contributed by atoms with Crippen LogP contribution in [-0.4, -0.2) is 28.0 Å². The summed E-state index contributed by atoms with van der Waals surface area (Å²) in [4.78, 5) is 24.8. The molecule has 0 unspecified atom stereocenters. The fourth-order valence-electron chi connectivity index (χ4n) is 1.68. The zero-order chi connectivity index (χ0) is 15.6. The van der Waals surface area contributed by atoms with Crippen LogP contribution in [0, 0.1) is 20.8 Å². The van der Waals surface area contributed by atoms with Crippen LogP contribution >= 0.6 is 11.8 Å². The monoisotopic (exact) mass is 304 g/mol. The summed E-state index contributed by atoms with van der Waals surface area (Å²) in [7, 11) is 1.32. The van der Waals surface area contributed by atoms with Gasteiger partial charge in [0.05, 0.1) is 24.6 Å². The van der Waals surface area contributed by atoms with E-state index in [1.165, 1.54) is 31.1 Å². The lowest BCUT2D eigenvalue weighted by Crippen LogP contribution is -2.06. The number of nitrogens with zero attached hydrogens (tertiary/aromatic N) is 3. The van der Waals surface area contributed by atoms with Crippen molar-refractivity contribution in [1.29, 1.82) is 0 Å². The molecule has 0 radical (unpaired) electrons. The highest BCUT2D eigenvalue weighted by Crippen LogP contribution is 2.28. The molecule has 0 fully saturated rings. The normalized spacial score (nSPS) is 10.5. The largest absolute Gasteiger partial charge is 0.465 e. The zero-order valence-electron chi connectivity index (χ0n) is 12.3. The Morgan fingerprint density at radius 2 is 1.86 bits per heavy atom. The molecule has 110 valence electrons. The van der Waals surface area contributed by atoms with E-state index in [0.29, 0.717) is 21.4 Å². The number of hydrogen-bond acceptors (Lipinski definition) is 7. The van der Waals surface area contributed by atoms with Crippen molar-refractivity contribution in [2.45, 2.75) is 31.0 Å². The van der Waals surface area contributed by atoms with Crippen LogP contribution in [0.1, 0.15) is 27.3 Å². The molecule has 2 heterocycles. The van der Waals surface area contributed by atoms with E-state index in [9.17, 15) is 4.79 Å². The lowest BCUT2D eigenvalue weighted by Gasteiger charge is -2.09. The fraction of sp³-hybridized carbons (Fsp3) is 0.286. The lowest BCUT2D eigenvalue weighted by atomic mass is 10.2. The van der Waals surface area contributed by atoms with Gasteiger partial charge in [-0.2, -0.15) is 0 Å². The number of nitrogens with two attached hydrogens (primary N) is 1. The van der Waals surface area contributed by atoms with Crippen molar-refractivity contribution in [3.8, 4) is 0 Å². The van der Waals surface area contributed by atoms with Crippen molar-refractivity contribution < 1.29 is 9.53 Å². The highest BCUT2D eigenvalue weighted by molar-refractivity contribution is 7.99. The van der Waals surface area contributed by atoms with Crippen molar-refractivity contribution in [3.63, 3.8) is 0 Å². The second-order valence-electron chi connectivity index (χ2n) is 4.52. The summed E-state index contributed by atoms with van der Waals surface area (Å²) in [5.74, 6) is -0.488. The summed E-state index contributed by atoms with van der Waals surface area (Å²) in [6.45, 7) is 5.82. The molecule has 0 aliphatic carbocycles. The molecule has 0 aliphatic rings. The predicted molar refractivity (Wildman–Crippen MR) is 80.4 cm³/mol. The minimum absolute atomic E-state index is 0.307. The Labute approximate surface area is 127 Å². The van der Waals surface area contributed by atoms with E-state index >= 15 is 0 Å². The first-order valence-corrected chi connectivity index (χ1v) is 7.07. The third kappa shape index (κ3) is 3.30. The first kappa shape index (κ1) is 15.2. The Bertz CT molecular complexity index is 680. The summed E-state index contributed by atoms with van der Waals surface area (Å²) in [5.41, 5.74) is 9.24. The molecule has 21 heavy (non-hydrogen) atoms. The molecule has 6 nitrogen and oxygen atoms in total. The Hall–Kier alpha value is -2.15. The lowest BCUT2D eigenvalue weighted by molar-refractivity contribution is 0.0596. The second kappa shape index (κ2) is 6.09. The maximum atomic E-state index is 11.8. The molecule has 2 aromatic rings. The summed E-state index contributed by atoms with van der Waals surface area (Å²) in [6, 6.07) is 1.54. The molecule has 0 aliphatic heterocycles. The van der Waals surface area contributed by atoms with Crippen molar-refractivity contribution in [2.75, 3.05) is 12.8 Å². The van der Waals surface area contributed by atoms with Crippen LogP contribution in [0.25, 0.3) is 0 Å². The highest BCUT2D eigenvalue weighted by atomic mass is 32.2. The Balaban J connectivity index is 2.42. The Morgan fingerprint density at radius 1 is 1.24 bits per heavy atom. The van der Waals surface area contributed by atoms with E-state index < -0.39 is 5.97 Å². The van der Waals surface area contributed by atoms with E-state index in [1.807, 2.05) is 20.8 Å². The van der Waals surface area contributed by atoms with Crippen LogP contribution in [-0.2, 0) is 4.74 Å². The first-order chi connectivity index (χ1) is 9.92. The Morgan fingerprint density at radius 3 is 2.43 bits per heavy atom. The van der Waals surface area contributed by atoms with Crippen LogP contribution in [0.2, 0.25) is 0 Å². The van der Waals surface area contributed by atoms with Crippen LogP contribution in [0.4, 0.5) is 5.69 Å². The number of aryl methyl sites for hydroxylation is 2. The van der Waals surface area contributed by atoms with Gasteiger partial charge in [-0.05, 0) is 44.2 Å². The van der Waals surface area contributed by atoms with E-state index in [1.54, 1.807) is 0 Å². The minimum atomic E-state index is -0.488. The number of hydrogen-bond donors (Lipinski definition) is 1. The van der Waals surface area contributed by atoms with Gasteiger partial charge in [-0.3, -0.25) is 0 Å².